The normalized spacial score (nSPS) is 17.0. The van der Waals surface area contributed by atoms with Gasteiger partial charge in [0.2, 0.25) is 5.91 Å². The van der Waals surface area contributed by atoms with E-state index in [-0.39, 0.29) is 24.8 Å². The molecule has 1 saturated heterocycles. The molecule has 4 nitrogen and oxygen atoms in total. The summed E-state index contributed by atoms with van der Waals surface area (Å²) in [5, 5.41) is 0.340. The van der Waals surface area contributed by atoms with Crippen molar-refractivity contribution in [2.45, 2.75) is 32.7 Å². The molecule has 0 unspecified atom stereocenters. The Morgan fingerprint density at radius 2 is 2.13 bits per heavy atom. The van der Waals surface area contributed by atoms with Crippen molar-refractivity contribution >= 4 is 17.5 Å². The number of benzene rings is 1. The summed E-state index contributed by atoms with van der Waals surface area (Å²) in [4.78, 5) is 14.8. The number of amides is 1. The molecule has 1 aliphatic rings. The Bertz CT molecular complexity index is 527. The zero-order valence-corrected chi connectivity index (χ0v) is 14.2. The predicted octanol–water partition coefficient (Wildman–Crippen LogP) is 2.97. The molecule has 6 heteroatoms. The highest BCUT2D eigenvalue weighted by atomic mass is 35.5. The Hall–Kier alpha value is -1.17. The number of rotatable bonds is 6. The molecule has 0 spiro atoms. The summed E-state index contributed by atoms with van der Waals surface area (Å²) in [5.74, 6) is -0.412. The van der Waals surface area contributed by atoms with Crippen LogP contribution in [0.4, 0.5) is 4.39 Å². The SMILES string of the molecule is CCCN(Cc1c(F)cccc1Cl)C(=O)C1(CN)CCOCC1. The fourth-order valence-electron chi connectivity index (χ4n) is 3.00. The van der Waals surface area contributed by atoms with E-state index in [1.165, 1.54) is 6.07 Å². The average molecular weight is 343 g/mol. The van der Waals surface area contributed by atoms with Crippen molar-refractivity contribution in [3.63, 3.8) is 0 Å². The molecular formula is C17H24ClFN2O2. The molecule has 1 aromatic carbocycles. The van der Waals surface area contributed by atoms with E-state index < -0.39 is 5.41 Å². The van der Waals surface area contributed by atoms with Crippen molar-refractivity contribution in [1.82, 2.24) is 4.90 Å². The summed E-state index contributed by atoms with van der Waals surface area (Å²) in [6.45, 7) is 4.04. The van der Waals surface area contributed by atoms with E-state index in [9.17, 15) is 9.18 Å². The van der Waals surface area contributed by atoms with Crippen molar-refractivity contribution in [3.05, 3.63) is 34.6 Å². The molecule has 1 aliphatic heterocycles. The number of halogens is 2. The lowest BCUT2D eigenvalue weighted by molar-refractivity contribution is -0.148. The Labute approximate surface area is 141 Å². The highest BCUT2D eigenvalue weighted by Gasteiger charge is 2.41. The number of nitrogens with two attached hydrogens (primary N) is 1. The zero-order valence-electron chi connectivity index (χ0n) is 13.5. The van der Waals surface area contributed by atoms with E-state index in [0.29, 0.717) is 43.2 Å². The molecule has 1 aromatic rings. The molecule has 0 bridgehead atoms. The van der Waals surface area contributed by atoms with Crippen LogP contribution in [0.3, 0.4) is 0 Å². The predicted molar refractivity (Wildman–Crippen MR) is 88.7 cm³/mol. The number of carbonyl (C=O) groups excluding carboxylic acids is 1. The molecular weight excluding hydrogens is 319 g/mol. The van der Waals surface area contributed by atoms with Crippen LogP contribution in [-0.4, -0.2) is 37.1 Å². The molecule has 0 aliphatic carbocycles. The lowest BCUT2D eigenvalue weighted by Crippen LogP contribution is -2.50. The minimum absolute atomic E-state index is 0.0236. The first-order valence-corrected chi connectivity index (χ1v) is 8.42. The molecule has 1 heterocycles. The van der Waals surface area contributed by atoms with Gasteiger partial charge in [-0.3, -0.25) is 4.79 Å². The number of hydrogen-bond donors (Lipinski definition) is 1. The first kappa shape index (κ1) is 18.2. The fourth-order valence-corrected chi connectivity index (χ4v) is 3.22. The van der Waals surface area contributed by atoms with Crippen molar-refractivity contribution in [3.8, 4) is 0 Å². The van der Waals surface area contributed by atoms with Gasteiger partial charge in [-0.05, 0) is 31.4 Å². The van der Waals surface area contributed by atoms with E-state index in [2.05, 4.69) is 0 Å². The molecule has 128 valence electrons. The van der Waals surface area contributed by atoms with Crippen LogP contribution in [0.5, 0.6) is 0 Å². The monoisotopic (exact) mass is 342 g/mol. The Morgan fingerprint density at radius 1 is 1.43 bits per heavy atom. The second-order valence-electron chi connectivity index (χ2n) is 6.02. The third-order valence-electron chi connectivity index (χ3n) is 4.49. The van der Waals surface area contributed by atoms with Crippen LogP contribution >= 0.6 is 11.6 Å². The maximum atomic E-state index is 14.1. The van der Waals surface area contributed by atoms with Crippen molar-refractivity contribution < 1.29 is 13.9 Å². The van der Waals surface area contributed by atoms with Crippen LogP contribution in [0.2, 0.25) is 5.02 Å². The molecule has 0 saturated carbocycles. The van der Waals surface area contributed by atoms with E-state index >= 15 is 0 Å². The molecule has 1 amide bonds. The minimum atomic E-state index is -0.606. The number of nitrogens with zero attached hydrogens (tertiary/aromatic N) is 1. The van der Waals surface area contributed by atoms with E-state index in [1.54, 1.807) is 17.0 Å². The minimum Gasteiger partial charge on any atom is -0.381 e. The molecule has 0 radical (unpaired) electrons. The summed E-state index contributed by atoms with van der Waals surface area (Å²) < 4.78 is 19.4. The van der Waals surface area contributed by atoms with Crippen LogP contribution in [0.1, 0.15) is 31.7 Å². The van der Waals surface area contributed by atoms with Crippen molar-refractivity contribution in [2.75, 3.05) is 26.3 Å². The maximum Gasteiger partial charge on any atom is 0.230 e. The van der Waals surface area contributed by atoms with Gasteiger partial charge < -0.3 is 15.4 Å². The number of carbonyl (C=O) groups is 1. The molecule has 23 heavy (non-hydrogen) atoms. The third-order valence-corrected chi connectivity index (χ3v) is 4.84. The Balaban J connectivity index is 2.25. The smallest absolute Gasteiger partial charge is 0.230 e. The maximum absolute atomic E-state index is 14.1. The lowest BCUT2D eigenvalue weighted by atomic mass is 9.78. The molecule has 2 rings (SSSR count). The molecule has 0 aromatic heterocycles. The van der Waals surface area contributed by atoms with Gasteiger partial charge in [-0.15, -0.1) is 0 Å². The number of hydrogen-bond acceptors (Lipinski definition) is 3. The van der Waals surface area contributed by atoms with Gasteiger partial charge >= 0.3 is 0 Å². The summed E-state index contributed by atoms with van der Waals surface area (Å²) in [6.07, 6.45) is 2.00. The second-order valence-corrected chi connectivity index (χ2v) is 6.43. The van der Waals surface area contributed by atoms with Crippen molar-refractivity contribution in [1.29, 1.82) is 0 Å². The van der Waals surface area contributed by atoms with Gasteiger partial charge in [0, 0.05) is 43.4 Å². The Kier molecular flexibility index (Phi) is 6.39. The zero-order chi connectivity index (χ0) is 16.9. The fraction of sp³-hybridized carbons (Fsp3) is 0.588. The molecule has 0 atom stereocenters. The Morgan fingerprint density at radius 3 is 2.70 bits per heavy atom. The van der Waals surface area contributed by atoms with Crippen molar-refractivity contribution in [2.24, 2.45) is 11.1 Å². The van der Waals surface area contributed by atoms with E-state index in [4.69, 9.17) is 22.1 Å². The van der Waals surface area contributed by atoms with Crippen LogP contribution in [0.25, 0.3) is 0 Å². The van der Waals surface area contributed by atoms with Gasteiger partial charge in [0.1, 0.15) is 5.82 Å². The summed E-state index contributed by atoms with van der Waals surface area (Å²) in [6, 6.07) is 4.57. The quantitative estimate of drug-likeness (QED) is 0.864. The van der Waals surface area contributed by atoms with Crippen LogP contribution in [-0.2, 0) is 16.1 Å². The molecule has 1 fully saturated rings. The van der Waals surface area contributed by atoms with Crippen LogP contribution < -0.4 is 5.73 Å². The second kappa shape index (κ2) is 8.08. The topological polar surface area (TPSA) is 55.6 Å². The highest BCUT2D eigenvalue weighted by molar-refractivity contribution is 6.31. The van der Waals surface area contributed by atoms with Gasteiger partial charge in [-0.1, -0.05) is 24.6 Å². The largest absolute Gasteiger partial charge is 0.381 e. The average Bonchev–Trinajstić information content (AvgIpc) is 2.57. The van der Waals surface area contributed by atoms with Gasteiger partial charge in [-0.2, -0.15) is 0 Å². The lowest BCUT2D eigenvalue weighted by Gasteiger charge is -2.39. The third kappa shape index (κ3) is 4.03. The highest BCUT2D eigenvalue weighted by Crippen LogP contribution is 2.33. The summed E-state index contributed by atoms with van der Waals surface area (Å²) in [7, 11) is 0. The first-order chi connectivity index (χ1) is 11.0. The van der Waals surface area contributed by atoms with Crippen LogP contribution in [0.15, 0.2) is 18.2 Å². The van der Waals surface area contributed by atoms with Crippen LogP contribution in [0, 0.1) is 11.2 Å². The van der Waals surface area contributed by atoms with Gasteiger partial charge in [0.15, 0.2) is 0 Å². The first-order valence-electron chi connectivity index (χ1n) is 8.04. The van der Waals surface area contributed by atoms with Gasteiger partial charge in [0.05, 0.1) is 5.41 Å². The van der Waals surface area contributed by atoms with Gasteiger partial charge in [-0.25, -0.2) is 4.39 Å². The number of ether oxygens (including phenoxy) is 1. The van der Waals surface area contributed by atoms with E-state index in [1.807, 2.05) is 6.92 Å². The summed E-state index contributed by atoms with van der Waals surface area (Å²) in [5.41, 5.74) is 5.67. The van der Waals surface area contributed by atoms with E-state index in [0.717, 1.165) is 6.42 Å². The van der Waals surface area contributed by atoms with Gasteiger partial charge in [0.25, 0.3) is 0 Å². The summed E-state index contributed by atoms with van der Waals surface area (Å²) >= 11 is 6.11. The molecule has 2 N–H and O–H groups in total. The standard InChI is InChI=1S/C17H24ClFN2O2/c1-2-8-21(11-13-14(18)4-3-5-15(13)19)16(22)17(12-20)6-9-23-10-7-17/h3-5H,2,6-12,20H2,1H3.